The molecule has 1 fully saturated rings. The number of rotatable bonds is 5. The molecule has 128 valence electrons. The Morgan fingerprint density at radius 3 is 2.67 bits per heavy atom. The van der Waals surface area contributed by atoms with Crippen LogP contribution in [0.2, 0.25) is 0 Å². The van der Waals surface area contributed by atoms with E-state index in [9.17, 15) is 14.9 Å². The second-order valence-electron chi connectivity index (χ2n) is 5.74. The SMILES string of the molecule is CCC(C)NC(=O)/C(C#N)=C\N1CCN(C(=O)c2ccco2)CC1. The minimum atomic E-state index is -0.360. The number of hydrogen-bond acceptors (Lipinski definition) is 5. The Labute approximate surface area is 141 Å². The average molecular weight is 330 g/mol. The van der Waals surface area contributed by atoms with Gasteiger partial charge < -0.3 is 19.5 Å². The number of hydrogen-bond donors (Lipinski definition) is 1. The van der Waals surface area contributed by atoms with Crippen molar-refractivity contribution in [1.29, 1.82) is 5.26 Å². The molecule has 1 unspecified atom stereocenters. The molecule has 0 bridgehead atoms. The van der Waals surface area contributed by atoms with E-state index in [0.29, 0.717) is 31.9 Å². The molecular weight excluding hydrogens is 308 g/mol. The van der Waals surface area contributed by atoms with Gasteiger partial charge >= 0.3 is 0 Å². The molecule has 7 heteroatoms. The van der Waals surface area contributed by atoms with Gasteiger partial charge in [0.2, 0.25) is 0 Å². The lowest BCUT2D eigenvalue weighted by atomic mass is 10.2. The van der Waals surface area contributed by atoms with E-state index in [1.54, 1.807) is 23.2 Å². The highest BCUT2D eigenvalue weighted by atomic mass is 16.3. The van der Waals surface area contributed by atoms with E-state index >= 15 is 0 Å². The van der Waals surface area contributed by atoms with Crippen LogP contribution in [0.25, 0.3) is 0 Å². The largest absolute Gasteiger partial charge is 0.459 e. The van der Waals surface area contributed by atoms with Gasteiger partial charge in [-0.15, -0.1) is 0 Å². The van der Waals surface area contributed by atoms with Crippen molar-refractivity contribution < 1.29 is 14.0 Å². The molecule has 0 spiro atoms. The third-order valence-corrected chi connectivity index (χ3v) is 4.00. The van der Waals surface area contributed by atoms with E-state index in [0.717, 1.165) is 6.42 Å². The minimum Gasteiger partial charge on any atom is -0.459 e. The van der Waals surface area contributed by atoms with Crippen LogP contribution in [0.1, 0.15) is 30.8 Å². The number of carbonyl (C=O) groups is 2. The molecule has 1 saturated heterocycles. The minimum absolute atomic E-state index is 0.0250. The standard InChI is InChI=1S/C17H22N4O3/c1-3-13(2)19-16(22)14(11-18)12-20-6-8-21(9-7-20)17(23)15-5-4-10-24-15/h4-5,10,12-13H,3,6-9H2,1-2H3,(H,19,22)/b14-12-. The van der Waals surface area contributed by atoms with Crippen molar-refractivity contribution in [3.05, 3.63) is 35.9 Å². The molecule has 2 amide bonds. The quantitative estimate of drug-likeness (QED) is 0.650. The van der Waals surface area contributed by atoms with Gasteiger partial charge in [0, 0.05) is 38.4 Å². The fourth-order valence-corrected chi connectivity index (χ4v) is 2.33. The summed E-state index contributed by atoms with van der Waals surface area (Å²) in [5.74, 6) is -0.177. The number of nitrogens with zero attached hydrogens (tertiary/aromatic N) is 3. The van der Waals surface area contributed by atoms with Crippen molar-refractivity contribution in [3.63, 3.8) is 0 Å². The first-order valence-corrected chi connectivity index (χ1v) is 8.04. The summed E-state index contributed by atoms with van der Waals surface area (Å²) in [6, 6.07) is 5.29. The van der Waals surface area contributed by atoms with Gasteiger partial charge in [0.25, 0.3) is 11.8 Å². The number of furan rings is 1. The highest BCUT2D eigenvalue weighted by Crippen LogP contribution is 2.10. The van der Waals surface area contributed by atoms with Crippen molar-refractivity contribution in [2.45, 2.75) is 26.3 Å². The summed E-state index contributed by atoms with van der Waals surface area (Å²) in [5.41, 5.74) is 0.0844. The lowest BCUT2D eigenvalue weighted by Gasteiger charge is -2.33. The molecule has 1 aliphatic heterocycles. The molecule has 0 aromatic carbocycles. The number of nitriles is 1. The lowest BCUT2D eigenvalue weighted by molar-refractivity contribution is -0.117. The summed E-state index contributed by atoms with van der Waals surface area (Å²) in [7, 11) is 0. The van der Waals surface area contributed by atoms with E-state index in [2.05, 4.69) is 5.32 Å². The zero-order valence-electron chi connectivity index (χ0n) is 14.0. The van der Waals surface area contributed by atoms with Crippen LogP contribution >= 0.6 is 0 Å². The molecule has 7 nitrogen and oxygen atoms in total. The molecule has 1 atom stereocenters. The number of carbonyl (C=O) groups excluding carboxylic acids is 2. The van der Waals surface area contributed by atoms with Crippen LogP contribution in [-0.4, -0.2) is 53.8 Å². The van der Waals surface area contributed by atoms with E-state index in [4.69, 9.17) is 4.42 Å². The number of piperazine rings is 1. The van der Waals surface area contributed by atoms with Gasteiger partial charge in [-0.25, -0.2) is 0 Å². The number of amides is 2. The van der Waals surface area contributed by atoms with Gasteiger partial charge in [-0.1, -0.05) is 6.92 Å². The van der Waals surface area contributed by atoms with E-state index < -0.39 is 0 Å². The highest BCUT2D eigenvalue weighted by molar-refractivity contribution is 5.97. The summed E-state index contributed by atoms with van der Waals surface area (Å²) in [5, 5.41) is 12.0. The first-order chi connectivity index (χ1) is 11.5. The highest BCUT2D eigenvalue weighted by Gasteiger charge is 2.23. The van der Waals surface area contributed by atoms with Crippen LogP contribution in [0.5, 0.6) is 0 Å². The van der Waals surface area contributed by atoms with Crippen LogP contribution in [-0.2, 0) is 4.79 Å². The fraction of sp³-hybridized carbons (Fsp3) is 0.471. The molecule has 2 rings (SSSR count). The number of nitrogens with one attached hydrogen (secondary N) is 1. The summed E-state index contributed by atoms with van der Waals surface area (Å²) < 4.78 is 5.12. The third-order valence-electron chi connectivity index (χ3n) is 4.00. The second kappa shape index (κ2) is 8.20. The molecule has 1 aliphatic rings. The second-order valence-corrected chi connectivity index (χ2v) is 5.74. The Hall–Kier alpha value is -2.75. The molecule has 1 aromatic heterocycles. The smallest absolute Gasteiger partial charge is 0.289 e. The van der Waals surface area contributed by atoms with Gasteiger partial charge in [0.05, 0.1) is 6.26 Å². The Bertz CT molecular complexity index is 637. The van der Waals surface area contributed by atoms with Gasteiger partial charge in [-0.05, 0) is 25.5 Å². The lowest BCUT2D eigenvalue weighted by Crippen LogP contribution is -2.47. The Morgan fingerprint density at radius 1 is 1.42 bits per heavy atom. The van der Waals surface area contributed by atoms with E-state index in [1.165, 1.54) is 6.26 Å². The van der Waals surface area contributed by atoms with Crippen molar-refractivity contribution in [1.82, 2.24) is 15.1 Å². The Balaban J connectivity index is 1.92. The van der Waals surface area contributed by atoms with E-state index in [-0.39, 0.29) is 23.4 Å². The fourth-order valence-electron chi connectivity index (χ4n) is 2.33. The molecule has 0 saturated carbocycles. The van der Waals surface area contributed by atoms with Gasteiger partial charge in [0.15, 0.2) is 5.76 Å². The molecular formula is C17H22N4O3. The van der Waals surface area contributed by atoms with Crippen LogP contribution in [0.3, 0.4) is 0 Å². The average Bonchev–Trinajstić information content (AvgIpc) is 3.13. The third kappa shape index (κ3) is 4.38. The predicted molar refractivity (Wildman–Crippen MR) is 87.8 cm³/mol. The van der Waals surface area contributed by atoms with E-state index in [1.807, 2.05) is 24.8 Å². The zero-order chi connectivity index (χ0) is 17.5. The summed E-state index contributed by atoms with van der Waals surface area (Å²) >= 11 is 0. The first-order valence-electron chi connectivity index (χ1n) is 8.04. The van der Waals surface area contributed by atoms with Crippen molar-refractivity contribution in [3.8, 4) is 6.07 Å². The maximum Gasteiger partial charge on any atom is 0.289 e. The van der Waals surface area contributed by atoms with Crippen molar-refractivity contribution in [2.75, 3.05) is 26.2 Å². The first kappa shape index (κ1) is 17.6. The zero-order valence-corrected chi connectivity index (χ0v) is 14.0. The molecule has 0 aliphatic carbocycles. The Morgan fingerprint density at radius 2 is 2.12 bits per heavy atom. The normalized spacial score (nSPS) is 16.5. The van der Waals surface area contributed by atoms with Crippen LogP contribution in [0.4, 0.5) is 0 Å². The maximum absolute atomic E-state index is 12.2. The topological polar surface area (TPSA) is 89.6 Å². The van der Waals surface area contributed by atoms with Gasteiger partial charge in [-0.2, -0.15) is 5.26 Å². The molecule has 24 heavy (non-hydrogen) atoms. The summed E-state index contributed by atoms with van der Waals surface area (Å²) in [6.45, 7) is 6.02. The van der Waals surface area contributed by atoms with Crippen molar-refractivity contribution in [2.24, 2.45) is 0 Å². The molecule has 1 aromatic rings. The molecule has 0 radical (unpaired) electrons. The van der Waals surface area contributed by atoms with Gasteiger partial charge in [0.1, 0.15) is 11.6 Å². The molecule has 1 N–H and O–H groups in total. The van der Waals surface area contributed by atoms with Gasteiger partial charge in [-0.3, -0.25) is 9.59 Å². The van der Waals surface area contributed by atoms with Crippen LogP contribution < -0.4 is 5.32 Å². The van der Waals surface area contributed by atoms with Crippen molar-refractivity contribution >= 4 is 11.8 Å². The summed E-state index contributed by atoms with van der Waals surface area (Å²) in [6.07, 6.45) is 3.85. The maximum atomic E-state index is 12.2. The predicted octanol–water partition coefficient (Wildman–Crippen LogP) is 1.36. The van der Waals surface area contributed by atoms with Crippen LogP contribution in [0, 0.1) is 11.3 Å². The van der Waals surface area contributed by atoms with Crippen LogP contribution in [0.15, 0.2) is 34.6 Å². The molecule has 2 heterocycles. The monoisotopic (exact) mass is 330 g/mol. The Kier molecular flexibility index (Phi) is 6.01. The summed E-state index contributed by atoms with van der Waals surface area (Å²) in [4.78, 5) is 27.8.